The summed E-state index contributed by atoms with van der Waals surface area (Å²) >= 11 is 6.12. The summed E-state index contributed by atoms with van der Waals surface area (Å²) in [6.45, 7) is 0.440. The predicted molar refractivity (Wildman–Crippen MR) is 142 cm³/mol. The van der Waals surface area contributed by atoms with Crippen molar-refractivity contribution in [3.63, 3.8) is 0 Å². The minimum atomic E-state index is -4.11. The van der Waals surface area contributed by atoms with Gasteiger partial charge in [-0.05, 0) is 47.5 Å². The van der Waals surface area contributed by atoms with Crippen LogP contribution in [0.2, 0.25) is 5.02 Å². The Labute approximate surface area is 224 Å². The molecule has 0 bridgehead atoms. The summed E-state index contributed by atoms with van der Waals surface area (Å²) in [6, 6.07) is 15.9. The molecule has 2 aromatic carbocycles. The first-order valence-corrected chi connectivity index (χ1v) is 13.5. The standard InChI is InChI=1S/C26H25ClN4O6S/c1-35-23-12-17(7-8-29-23)16-3-2-4-19(11-16)37-15-20-14-31(9-10-36-20)38(33,34)25-21-13-18(27)5-6-22(21)30-24(25)26(28)32/h2-8,11-13,20,30H,9-10,14-15H2,1H3,(H2,28,32)/t20-/m0/s1. The van der Waals surface area contributed by atoms with Crippen LogP contribution < -0.4 is 15.2 Å². The van der Waals surface area contributed by atoms with E-state index < -0.39 is 22.0 Å². The van der Waals surface area contributed by atoms with Crippen LogP contribution in [0.3, 0.4) is 0 Å². The monoisotopic (exact) mass is 556 g/mol. The van der Waals surface area contributed by atoms with Gasteiger partial charge >= 0.3 is 0 Å². The van der Waals surface area contributed by atoms with E-state index in [0.29, 0.717) is 27.6 Å². The number of nitrogens with two attached hydrogens (primary N) is 1. The van der Waals surface area contributed by atoms with Gasteiger partial charge in [0, 0.05) is 41.3 Å². The first-order chi connectivity index (χ1) is 18.3. The van der Waals surface area contributed by atoms with Gasteiger partial charge in [0.15, 0.2) is 0 Å². The highest BCUT2D eigenvalue weighted by atomic mass is 35.5. The lowest BCUT2D eigenvalue weighted by Crippen LogP contribution is -2.47. The number of carbonyl (C=O) groups is 1. The summed E-state index contributed by atoms with van der Waals surface area (Å²) in [4.78, 5) is 18.9. The Morgan fingerprint density at radius 3 is 2.82 bits per heavy atom. The summed E-state index contributed by atoms with van der Waals surface area (Å²) < 4.78 is 45.7. The van der Waals surface area contributed by atoms with Crippen molar-refractivity contribution in [1.29, 1.82) is 0 Å². The van der Waals surface area contributed by atoms with Crippen LogP contribution in [0, 0.1) is 0 Å². The number of methoxy groups -OCH3 is 1. The van der Waals surface area contributed by atoms with Gasteiger partial charge in [0.25, 0.3) is 5.91 Å². The van der Waals surface area contributed by atoms with E-state index in [4.69, 9.17) is 31.5 Å². The van der Waals surface area contributed by atoms with Crippen molar-refractivity contribution in [2.75, 3.05) is 33.4 Å². The fourth-order valence-electron chi connectivity index (χ4n) is 4.38. The Hall–Kier alpha value is -3.64. The number of H-pyrrole nitrogens is 1. The number of hydrogen-bond donors (Lipinski definition) is 2. The van der Waals surface area contributed by atoms with Crippen molar-refractivity contribution in [3.8, 4) is 22.8 Å². The van der Waals surface area contributed by atoms with Crippen LogP contribution in [-0.4, -0.2) is 68.1 Å². The highest BCUT2D eigenvalue weighted by Gasteiger charge is 2.36. The topological polar surface area (TPSA) is 137 Å². The van der Waals surface area contributed by atoms with E-state index in [1.54, 1.807) is 25.4 Å². The number of hydrogen-bond acceptors (Lipinski definition) is 7. The lowest BCUT2D eigenvalue weighted by molar-refractivity contribution is -0.0249. The Balaban J connectivity index is 1.34. The van der Waals surface area contributed by atoms with Gasteiger partial charge in [0.2, 0.25) is 15.9 Å². The molecule has 0 spiro atoms. The fraction of sp³-hybridized carbons (Fsp3) is 0.231. The average Bonchev–Trinajstić information content (AvgIpc) is 3.32. The van der Waals surface area contributed by atoms with E-state index >= 15 is 0 Å². The van der Waals surface area contributed by atoms with Crippen molar-refractivity contribution in [2.24, 2.45) is 5.73 Å². The van der Waals surface area contributed by atoms with E-state index in [0.717, 1.165) is 11.1 Å². The van der Waals surface area contributed by atoms with Crippen molar-refractivity contribution < 1.29 is 27.4 Å². The number of nitrogens with zero attached hydrogens (tertiary/aromatic N) is 2. The molecule has 4 aromatic rings. The Bertz CT molecular complexity index is 1610. The zero-order valence-electron chi connectivity index (χ0n) is 20.4. The van der Waals surface area contributed by atoms with Crippen LogP contribution in [0.5, 0.6) is 11.6 Å². The molecule has 1 fully saturated rings. The molecule has 1 saturated heterocycles. The highest BCUT2D eigenvalue weighted by Crippen LogP contribution is 2.32. The third-order valence-corrected chi connectivity index (χ3v) is 8.39. The van der Waals surface area contributed by atoms with Crippen LogP contribution in [0.1, 0.15) is 10.5 Å². The second-order valence-electron chi connectivity index (χ2n) is 8.66. The van der Waals surface area contributed by atoms with Gasteiger partial charge in [-0.25, -0.2) is 13.4 Å². The number of primary amides is 1. The normalized spacial score (nSPS) is 16.4. The summed E-state index contributed by atoms with van der Waals surface area (Å²) in [7, 11) is -2.56. The molecule has 0 saturated carbocycles. The highest BCUT2D eigenvalue weighted by molar-refractivity contribution is 7.89. The number of fused-ring (bicyclic) bond motifs is 1. The van der Waals surface area contributed by atoms with Gasteiger partial charge in [0.05, 0.1) is 13.7 Å². The summed E-state index contributed by atoms with van der Waals surface area (Å²) in [6.07, 6.45) is 1.13. The molecule has 1 amide bonds. The maximum Gasteiger partial charge on any atom is 0.266 e. The number of rotatable bonds is 8. The largest absolute Gasteiger partial charge is 0.491 e. The number of ether oxygens (including phenoxy) is 3. The van der Waals surface area contributed by atoms with Crippen LogP contribution in [0.4, 0.5) is 0 Å². The molecule has 0 radical (unpaired) electrons. The maximum absolute atomic E-state index is 13.7. The van der Waals surface area contributed by atoms with Gasteiger partial charge in [-0.1, -0.05) is 23.7 Å². The van der Waals surface area contributed by atoms with E-state index in [-0.39, 0.29) is 36.9 Å². The quantitative estimate of drug-likeness (QED) is 0.339. The van der Waals surface area contributed by atoms with E-state index in [1.165, 1.54) is 10.4 Å². The number of aromatic nitrogens is 2. The van der Waals surface area contributed by atoms with Crippen molar-refractivity contribution >= 4 is 38.4 Å². The third-order valence-electron chi connectivity index (χ3n) is 6.21. The van der Waals surface area contributed by atoms with Gasteiger partial charge in [-0.15, -0.1) is 0 Å². The maximum atomic E-state index is 13.7. The summed E-state index contributed by atoms with van der Waals surface area (Å²) in [5.41, 5.74) is 7.59. The van der Waals surface area contributed by atoms with Crippen LogP contribution in [0.25, 0.3) is 22.0 Å². The number of amides is 1. The predicted octanol–water partition coefficient (Wildman–Crippen LogP) is 3.46. The molecular formula is C26H25ClN4O6S. The van der Waals surface area contributed by atoms with Gasteiger partial charge in [-0.2, -0.15) is 4.31 Å². The molecule has 198 valence electrons. The number of benzene rings is 2. The van der Waals surface area contributed by atoms with Gasteiger partial charge < -0.3 is 24.9 Å². The van der Waals surface area contributed by atoms with Crippen molar-refractivity contribution in [2.45, 2.75) is 11.0 Å². The molecule has 10 nitrogen and oxygen atoms in total. The van der Waals surface area contributed by atoms with Crippen molar-refractivity contribution in [1.82, 2.24) is 14.3 Å². The lowest BCUT2D eigenvalue weighted by atomic mass is 10.1. The second kappa shape index (κ2) is 10.6. The zero-order chi connectivity index (χ0) is 26.9. The number of carbonyl (C=O) groups excluding carboxylic acids is 1. The van der Waals surface area contributed by atoms with Crippen molar-refractivity contribution in [3.05, 3.63) is 71.5 Å². The Kier molecular flexibility index (Phi) is 7.26. The molecule has 1 aliphatic heterocycles. The van der Waals surface area contributed by atoms with Gasteiger partial charge in [-0.3, -0.25) is 4.79 Å². The Morgan fingerprint density at radius 1 is 1.21 bits per heavy atom. The fourth-order valence-corrected chi connectivity index (χ4v) is 6.34. The molecule has 0 unspecified atom stereocenters. The molecule has 1 atom stereocenters. The number of halogens is 1. The van der Waals surface area contributed by atoms with E-state index in [9.17, 15) is 13.2 Å². The number of morpholine rings is 1. The molecule has 38 heavy (non-hydrogen) atoms. The van der Waals surface area contributed by atoms with Crippen LogP contribution >= 0.6 is 11.6 Å². The van der Waals surface area contributed by atoms with Crippen LogP contribution in [0.15, 0.2) is 65.7 Å². The molecule has 2 aromatic heterocycles. The molecule has 3 heterocycles. The van der Waals surface area contributed by atoms with Crippen LogP contribution in [-0.2, 0) is 14.8 Å². The molecule has 12 heteroatoms. The third kappa shape index (κ3) is 5.18. The Morgan fingerprint density at radius 2 is 2.03 bits per heavy atom. The molecule has 1 aliphatic rings. The first-order valence-electron chi connectivity index (χ1n) is 11.7. The SMILES string of the molecule is COc1cc(-c2cccc(OC[C@@H]3CN(S(=O)(=O)c4c(C(N)=O)[nH]c5ccc(Cl)cc45)CCO3)c2)ccn1. The molecular weight excluding hydrogens is 532 g/mol. The summed E-state index contributed by atoms with van der Waals surface area (Å²) in [5, 5.41) is 0.639. The smallest absolute Gasteiger partial charge is 0.266 e. The molecule has 3 N–H and O–H groups in total. The van der Waals surface area contributed by atoms with E-state index in [1.807, 2.05) is 36.4 Å². The van der Waals surface area contributed by atoms with Gasteiger partial charge in [0.1, 0.15) is 29.0 Å². The zero-order valence-corrected chi connectivity index (χ0v) is 22.0. The van der Waals surface area contributed by atoms with E-state index in [2.05, 4.69) is 9.97 Å². The number of aromatic amines is 1. The summed E-state index contributed by atoms with van der Waals surface area (Å²) in [5.74, 6) is 0.225. The minimum Gasteiger partial charge on any atom is -0.491 e. The number of nitrogens with one attached hydrogen (secondary N) is 1. The molecule has 5 rings (SSSR count). The average molecular weight is 557 g/mol. The number of pyridine rings is 1. The minimum absolute atomic E-state index is 0.0367. The first kappa shape index (κ1) is 26.0. The second-order valence-corrected chi connectivity index (χ2v) is 11.0. The lowest BCUT2D eigenvalue weighted by Gasteiger charge is -2.32. The number of sulfonamides is 1. The molecule has 0 aliphatic carbocycles.